The number of ether oxygens (including phenoxy) is 1. The molecule has 0 spiro atoms. The highest BCUT2D eigenvalue weighted by Gasteiger charge is 2.27. The second-order valence-corrected chi connectivity index (χ2v) is 7.99. The molecule has 1 N–H and O–H groups in total. The third kappa shape index (κ3) is 4.47. The number of amides is 1. The highest BCUT2D eigenvalue weighted by atomic mass is 16.5. The minimum Gasteiger partial charge on any atom is -0.494 e. The van der Waals surface area contributed by atoms with E-state index in [1.54, 1.807) is 4.57 Å². The van der Waals surface area contributed by atoms with Crippen LogP contribution in [0.3, 0.4) is 0 Å². The Hall–Kier alpha value is -3.35. The van der Waals surface area contributed by atoms with Gasteiger partial charge in [-0.3, -0.25) is 9.59 Å². The van der Waals surface area contributed by atoms with Crippen LogP contribution in [0.5, 0.6) is 5.75 Å². The number of nitrogens with one attached hydrogen (secondary N) is 1. The molecule has 4 rings (SSSR count). The molecule has 1 saturated heterocycles. The molecule has 0 radical (unpaired) electrons. The van der Waals surface area contributed by atoms with E-state index >= 15 is 0 Å². The zero-order valence-electron chi connectivity index (χ0n) is 18.7. The second kappa shape index (κ2) is 9.85. The maximum atomic E-state index is 13.0. The molecule has 2 heterocycles. The van der Waals surface area contributed by atoms with E-state index in [1.165, 1.54) is 0 Å². The number of carbonyl (C=O) groups excluding carboxylic acids is 1. The van der Waals surface area contributed by atoms with Gasteiger partial charge in [0.25, 0.3) is 5.56 Å². The summed E-state index contributed by atoms with van der Waals surface area (Å²) in [4.78, 5) is 32.5. The van der Waals surface area contributed by atoms with Gasteiger partial charge in [0.2, 0.25) is 5.91 Å². The van der Waals surface area contributed by atoms with Gasteiger partial charge in [-0.1, -0.05) is 30.3 Å². The summed E-state index contributed by atoms with van der Waals surface area (Å²) in [5, 5.41) is 3.06. The lowest BCUT2D eigenvalue weighted by atomic mass is 9.96. The number of carbonyl (C=O) groups is 1. The van der Waals surface area contributed by atoms with Crippen molar-refractivity contribution >= 4 is 22.8 Å². The topological polar surface area (TPSA) is 76.5 Å². The van der Waals surface area contributed by atoms with Crippen LogP contribution in [0.15, 0.2) is 53.3 Å². The van der Waals surface area contributed by atoms with Crippen LogP contribution in [0.4, 0.5) is 5.82 Å². The normalized spacial score (nSPS) is 14.5. The van der Waals surface area contributed by atoms with Crippen LogP contribution < -0.4 is 20.5 Å². The fraction of sp³-hybridized carbons (Fsp3) is 0.400. The van der Waals surface area contributed by atoms with E-state index in [0.29, 0.717) is 51.4 Å². The molecule has 3 aromatic rings. The van der Waals surface area contributed by atoms with Crippen LogP contribution >= 0.6 is 0 Å². The van der Waals surface area contributed by atoms with Crippen molar-refractivity contribution in [1.82, 2.24) is 14.9 Å². The Bertz CT molecular complexity index is 1150. The van der Waals surface area contributed by atoms with Crippen molar-refractivity contribution in [1.29, 1.82) is 0 Å². The highest BCUT2D eigenvalue weighted by Crippen LogP contribution is 2.23. The molecule has 7 nitrogen and oxygen atoms in total. The first-order valence-corrected chi connectivity index (χ1v) is 11.3. The Morgan fingerprint density at radius 1 is 1.09 bits per heavy atom. The fourth-order valence-corrected chi connectivity index (χ4v) is 4.33. The average molecular weight is 435 g/mol. The monoisotopic (exact) mass is 434 g/mol. The molecule has 1 aromatic heterocycles. The predicted molar refractivity (Wildman–Crippen MR) is 126 cm³/mol. The molecule has 0 bridgehead atoms. The molecule has 32 heavy (non-hydrogen) atoms. The fourth-order valence-electron chi connectivity index (χ4n) is 4.33. The standard InChI is InChI=1S/C25H30N4O3/c1-3-29-21-11-7-6-10-20(21)27-23(25(29)31)28-15-13-18(14-16-28)24(30)26-17-19-9-5-8-12-22(19)32-4-2/h5-12,18H,3-4,13-17H2,1-2H3,(H,26,30). The molecule has 1 aliphatic rings. The Morgan fingerprint density at radius 3 is 2.56 bits per heavy atom. The molecule has 1 fully saturated rings. The summed E-state index contributed by atoms with van der Waals surface area (Å²) in [6.07, 6.45) is 1.39. The zero-order valence-corrected chi connectivity index (χ0v) is 18.7. The Morgan fingerprint density at radius 2 is 1.81 bits per heavy atom. The Balaban J connectivity index is 1.41. The van der Waals surface area contributed by atoms with Gasteiger partial charge < -0.3 is 19.5 Å². The van der Waals surface area contributed by atoms with Gasteiger partial charge in [-0.15, -0.1) is 0 Å². The number of para-hydroxylation sites is 3. The summed E-state index contributed by atoms with van der Waals surface area (Å²) in [7, 11) is 0. The van der Waals surface area contributed by atoms with E-state index in [4.69, 9.17) is 4.74 Å². The van der Waals surface area contributed by atoms with Gasteiger partial charge in [-0.2, -0.15) is 0 Å². The Kier molecular flexibility index (Phi) is 6.73. The largest absolute Gasteiger partial charge is 0.494 e. The summed E-state index contributed by atoms with van der Waals surface area (Å²) in [5.41, 5.74) is 2.57. The number of nitrogens with zero attached hydrogens (tertiary/aromatic N) is 3. The molecule has 0 aliphatic carbocycles. The van der Waals surface area contributed by atoms with Crippen molar-refractivity contribution in [3.63, 3.8) is 0 Å². The van der Waals surface area contributed by atoms with Crippen molar-refractivity contribution in [2.45, 2.75) is 39.8 Å². The number of anilines is 1. The van der Waals surface area contributed by atoms with Gasteiger partial charge in [-0.25, -0.2) is 4.98 Å². The van der Waals surface area contributed by atoms with Crippen LogP contribution in [0.2, 0.25) is 0 Å². The van der Waals surface area contributed by atoms with Crippen molar-refractivity contribution < 1.29 is 9.53 Å². The lowest BCUT2D eigenvalue weighted by molar-refractivity contribution is -0.125. The molecule has 2 aromatic carbocycles. The number of rotatable bonds is 7. The summed E-state index contributed by atoms with van der Waals surface area (Å²) >= 11 is 0. The van der Waals surface area contributed by atoms with Gasteiger partial charge in [0, 0.05) is 37.7 Å². The zero-order chi connectivity index (χ0) is 22.5. The predicted octanol–water partition coefficient (Wildman–Crippen LogP) is 3.35. The summed E-state index contributed by atoms with van der Waals surface area (Å²) in [6, 6.07) is 15.5. The first-order valence-electron chi connectivity index (χ1n) is 11.3. The van der Waals surface area contributed by atoms with Crippen LogP contribution in [-0.4, -0.2) is 35.2 Å². The van der Waals surface area contributed by atoms with Gasteiger partial charge in [0.05, 0.1) is 17.6 Å². The van der Waals surface area contributed by atoms with Crippen molar-refractivity contribution in [3.05, 3.63) is 64.4 Å². The molecule has 0 unspecified atom stereocenters. The summed E-state index contributed by atoms with van der Waals surface area (Å²) in [5.74, 6) is 1.27. The van der Waals surface area contributed by atoms with Gasteiger partial charge in [-0.05, 0) is 44.9 Å². The van der Waals surface area contributed by atoms with Crippen LogP contribution in [0, 0.1) is 5.92 Å². The number of hydrogen-bond donors (Lipinski definition) is 1. The lowest BCUT2D eigenvalue weighted by Crippen LogP contribution is -2.43. The molecule has 7 heteroatoms. The van der Waals surface area contributed by atoms with Gasteiger partial charge in [0.15, 0.2) is 5.82 Å². The average Bonchev–Trinajstić information content (AvgIpc) is 2.83. The quantitative estimate of drug-likeness (QED) is 0.617. The van der Waals surface area contributed by atoms with Gasteiger partial charge in [0.1, 0.15) is 5.75 Å². The van der Waals surface area contributed by atoms with Crippen molar-refractivity contribution in [3.8, 4) is 5.75 Å². The minimum atomic E-state index is -0.0700. The van der Waals surface area contributed by atoms with Crippen LogP contribution in [0.1, 0.15) is 32.3 Å². The second-order valence-electron chi connectivity index (χ2n) is 7.99. The lowest BCUT2D eigenvalue weighted by Gasteiger charge is -2.32. The smallest absolute Gasteiger partial charge is 0.293 e. The van der Waals surface area contributed by atoms with E-state index < -0.39 is 0 Å². The first-order chi connectivity index (χ1) is 15.6. The molecule has 1 aliphatic heterocycles. The van der Waals surface area contributed by atoms with Crippen molar-refractivity contribution in [2.75, 3.05) is 24.6 Å². The summed E-state index contributed by atoms with van der Waals surface area (Å²) < 4.78 is 7.41. The van der Waals surface area contributed by atoms with E-state index in [2.05, 4.69) is 10.3 Å². The van der Waals surface area contributed by atoms with Crippen LogP contribution in [0.25, 0.3) is 11.0 Å². The maximum absolute atomic E-state index is 13.0. The SMILES string of the molecule is CCOc1ccccc1CNC(=O)C1CCN(c2nc3ccccc3n(CC)c2=O)CC1. The molecule has 0 atom stereocenters. The Labute approximate surface area is 188 Å². The van der Waals surface area contributed by atoms with Crippen LogP contribution in [-0.2, 0) is 17.9 Å². The molecule has 168 valence electrons. The van der Waals surface area contributed by atoms with E-state index in [0.717, 1.165) is 22.3 Å². The number of piperidine rings is 1. The van der Waals surface area contributed by atoms with Crippen molar-refractivity contribution in [2.24, 2.45) is 5.92 Å². The molecule has 0 saturated carbocycles. The maximum Gasteiger partial charge on any atom is 0.293 e. The molecular weight excluding hydrogens is 404 g/mol. The van der Waals surface area contributed by atoms with Gasteiger partial charge >= 0.3 is 0 Å². The molecular formula is C25H30N4O3. The first kappa shape index (κ1) is 21.9. The third-order valence-electron chi connectivity index (χ3n) is 6.04. The number of aromatic nitrogens is 2. The number of aryl methyl sites for hydroxylation is 1. The number of benzene rings is 2. The number of fused-ring (bicyclic) bond motifs is 1. The highest BCUT2D eigenvalue weighted by molar-refractivity contribution is 5.79. The molecule has 1 amide bonds. The van der Waals surface area contributed by atoms with E-state index in [-0.39, 0.29) is 17.4 Å². The third-order valence-corrected chi connectivity index (χ3v) is 6.04. The van der Waals surface area contributed by atoms with E-state index in [1.807, 2.05) is 67.3 Å². The minimum absolute atomic E-state index is 0.0494. The number of hydrogen-bond acceptors (Lipinski definition) is 5. The van der Waals surface area contributed by atoms with E-state index in [9.17, 15) is 9.59 Å². The summed E-state index contributed by atoms with van der Waals surface area (Å²) in [6.45, 7) is 6.82.